The van der Waals surface area contributed by atoms with Crippen LogP contribution in [0, 0.1) is 0 Å². The van der Waals surface area contributed by atoms with Crippen molar-refractivity contribution >= 4 is 23.4 Å². The highest BCUT2D eigenvalue weighted by atomic mass is 32.2. The van der Waals surface area contributed by atoms with E-state index in [1.54, 1.807) is 18.6 Å². The molecule has 2 heterocycles. The third-order valence-corrected chi connectivity index (χ3v) is 2.83. The molecule has 0 aliphatic heterocycles. The van der Waals surface area contributed by atoms with Gasteiger partial charge in [-0.25, -0.2) is 9.97 Å². The molecule has 2 aromatic heterocycles. The maximum Gasteiger partial charge on any atom is 0.191 e. The summed E-state index contributed by atoms with van der Waals surface area (Å²) >= 11 is 1.48. The average Bonchev–Trinajstić information content (AvgIpc) is 2.81. The molecule has 0 bridgehead atoms. The van der Waals surface area contributed by atoms with Crippen molar-refractivity contribution in [3.8, 4) is 0 Å². The highest BCUT2D eigenvalue weighted by Crippen LogP contribution is 2.19. The molecule has 5 nitrogen and oxygen atoms in total. The summed E-state index contributed by atoms with van der Waals surface area (Å²) in [4.78, 5) is 10.5. The lowest BCUT2D eigenvalue weighted by atomic mass is 10.3. The van der Waals surface area contributed by atoms with Gasteiger partial charge in [-0.05, 0) is 12.3 Å². The van der Waals surface area contributed by atoms with E-state index in [0.29, 0.717) is 11.0 Å². The summed E-state index contributed by atoms with van der Waals surface area (Å²) in [6.45, 7) is 0.723. The van der Waals surface area contributed by atoms with Gasteiger partial charge in [0.15, 0.2) is 5.16 Å². The minimum absolute atomic E-state index is 0.485. The Kier molecular flexibility index (Phi) is 3.53. The van der Waals surface area contributed by atoms with Crippen molar-refractivity contribution in [2.24, 2.45) is 0 Å². The molecule has 0 atom stereocenters. The van der Waals surface area contributed by atoms with Crippen molar-refractivity contribution in [2.75, 3.05) is 23.9 Å². The van der Waals surface area contributed by atoms with Gasteiger partial charge in [0.1, 0.15) is 11.6 Å². The first kappa shape index (κ1) is 11.8. The second-order valence-corrected chi connectivity index (χ2v) is 4.40. The topological polar surface area (TPSA) is 68.2 Å². The molecule has 0 aromatic carbocycles. The number of rotatable bonds is 4. The Morgan fingerprint density at radius 3 is 2.94 bits per heavy atom. The van der Waals surface area contributed by atoms with Gasteiger partial charge in [-0.3, -0.25) is 0 Å². The molecule has 0 radical (unpaired) electrons. The molecule has 90 valence electrons. The van der Waals surface area contributed by atoms with E-state index in [1.165, 1.54) is 11.8 Å². The van der Waals surface area contributed by atoms with Gasteiger partial charge in [-0.15, -0.1) is 0 Å². The normalized spacial score (nSPS) is 10.5. The lowest BCUT2D eigenvalue weighted by molar-refractivity contribution is 0.563. The molecule has 2 rings (SSSR count). The van der Waals surface area contributed by atoms with Gasteiger partial charge in [0.2, 0.25) is 0 Å². The third-order valence-electron chi connectivity index (χ3n) is 2.29. The minimum atomic E-state index is 0.485. The van der Waals surface area contributed by atoms with Crippen LogP contribution in [0.4, 0.5) is 11.6 Å². The van der Waals surface area contributed by atoms with Crippen molar-refractivity contribution in [2.45, 2.75) is 11.7 Å². The van der Waals surface area contributed by atoms with Crippen molar-refractivity contribution in [1.29, 1.82) is 0 Å². The van der Waals surface area contributed by atoms with Crippen molar-refractivity contribution in [1.82, 2.24) is 9.97 Å². The van der Waals surface area contributed by atoms with E-state index in [0.717, 1.165) is 17.9 Å². The summed E-state index contributed by atoms with van der Waals surface area (Å²) in [5.41, 5.74) is 6.83. The SMILES string of the molecule is CSc1nc(N)cc(N(C)Cc2ccoc2)n1. The van der Waals surface area contributed by atoms with E-state index in [2.05, 4.69) is 9.97 Å². The van der Waals surface area contributed by atoms with Crippen molar-refractivity contribution < 1.29 is 4.42 Å². The molecule has 6 heteroatoms. The molecule has 0 spiro atoms. The molecular weight excluding hydrogens is 236 g/mol. The van der Waals surface area contributed by atoms with Gasteiger partial charge in [0, 0.05) is 25.2 Å². The van der Waals surface area contributed by atoms with Crippen LogP contribution in [-0.4, -0.2) is 23.3 Å². The summed E-state index contributed by atoms with van der Waals surface area (Å²) in [5, 5.41) is 0.680. The Hall–Kier alpha value is -1.69. The molecule has 2 aromatic rings. The number of thioether (sulfide) groups is 1. The zero-order chi connectivity index (χ0) is 12.3. The summed E-state index contributed by atoms with van der Waals surface area (Å²) in [7, 11) is 1.96. The molecule has 0 saturated carbocycles. The van der Waals surface area contributed by atoms with E-state index in [4.69, 9.17) is 10.2 Å². The monoisotopic (exact) mass is 250 g/mol. The van der Waals surface area contributed by atoms with Crippen LogP contribution < -0.4 is 10.6 Å². The lowest BCUT2D eigenvalue weighted by Crippen LogP contribution is -2.18. The highest BCUT2D eigenvalue weighted by Gasteiger charge is 2.07. The van der Waals surface area contributed by atoms with Gasteiger partial charge in [-0.1, -0.05) is 11.8 Å². The fourth-order valence-corrected chi connectivity index (χ4v) is 1.84. The maximum atomic E-state index is 5.74. The zero-order valence-corrected chi connectivity index (χ0v) is 10.6. The van der Waals surface area contributed by atoms with Crippen LogP contribution >= 0.6 is 11.8 Å². The number of nitrogens with zero attached hydrogens (tertiary/aromatic N) is 3. The van der Waals surface area contributed by atoms with Gasteiger partial charge in [0.05, 0.1) is 12.5 Å². The number of hydrogen-bond donors (Lipinski definition) is 1. The molecule has 0 saturated heterocycles. The maximum absolute atomic E-state index is 5.74. The number of nitrogen functional groups attached to an aromatic ring is 1. The minimum Gasteiger partial charge on any atom is -0.472 e. The number of hydrogen-bond acceptors (Lipinski definition) is 6. The Labute approximate surface area is 104 Å². The summed E-state index contributed by atoms with van der Waals surface area (Å²) in [6.07, 6.45) is 5.30. The van der Waals surface area contributed by atoms with Gasteiger partial charge in [0.25, 0.3) is 0 Å². The van der Waals surface area contributed by atoms with E-state index >= 15 is 0 Å². The van der Waals surface area contributed by atoms with Crippen LogP contribution in [0.15, 0.2) is 34.2 Å². The van der Waals surface area contributed by atoms with E-state index in [1.807, 2.05) is 24.3 Å². The second kappa shape index (κ2) is 5.09. The van der Waals surface area contributed by atoms with Gasteiger partial charge < -0.3 is 15.1 Å². The van der Waals surface area contributed by atoms with Crippen molar-refractivity contribution in [3.05, 3.63) is 30.2 Å². The van der Waals surface area contributed by atoms with E-state index in [9.17, 15) is 0 Å². The largest absolute Gasteiger partial charge is 0.472 e. The van der Waals surface area contributed by atoms with Gasteiger partial charge in [-0.2, -0.15) is 0 Å². The highest BCUT2D eigenvalue weighted by molar-refractivity contribution is 7.98. The quantitative estimate of drug-likeness (QED) is 0.661. The predicted molar refractivity (Wildman–Crippen MR) is 69.0 cm³/mol. The first-order valence-electron chi connectivity index (χ1n) is 5.10. The second-order valence-electron chi connectivity index (χ2n) is 3.63. The summed E-state index contributed by atoms with van der Waals surface area (Å²) < 4.78 is 5.03. The van der Waals surface area contributed by atoms with E-state index < -0.39 is 0 Å². The Bertz CT molecular complexity index is 486. The molecule has 2 N–H and O–H groups in total. The lowest BCUT2D eigenvalue weighted by Gasteiger charge is -2.17. The van der Waals surface area contributed by atoms with Crippen LogP contribution in [0.3, 0.4) is 0 Å². The number of anilines is 2. The molecule has 0 unspecified atom stereocenters. The fourth-order valence-electron chi connectivity index (χ4n) is 1.45. The summed E-state index contributed by atoms with van der Waals surface area (Å²) in [6, 6.07) is 3.69. The van der Waals surface area contributed by atoms with Crippen LogP contribution in [0.25, 0.3) is 0 Å². The average molecular weight is 250 g/mol. The number of nitrogens with two attached hydrogens (primary N) is 1. The van der Waals surface area contributed by atoms with Gasteiger partial charge >= 0.3 is 0 Å². The molecule has 17 heavy (non-hydrogen) atoms. The first-order valence-corrected chi connectivity index (χ1v) is 6.32. The summed E-state index contributed by atoms with van der Waals surface area (Å²) in [5.74, 6) is 1.29. The smallest absolute Gasteiger partial charge is 0.191 e. The van der Waals surface area contributed by atoms with Crippen LogP contribution in [0.5, 0.6) is 0 Å². The number of aromatic nitrogens is 2. The third kappa shape index (κ3) is 2.91. The molecule has 0 fully saturated rings. The fraction of sp³-hybridized carbons (Fsp3) is 0.273. The Morgan fingerprint density at radius 1 is 1.47 bits per heavy atom. The molecule has 0 aliphatic carbocycles. The van der Waals surface area contributed by atoms with Crippen molar-refractivity contribution in [3.63, 3.8) is 0 Å². The standard InChI is InChI=1S/C11H14N4OS/c1-15(6-8-3-4-16-7-8)10-5-9(12)13-11(14-10)17-2/h3-5,7H,6H2,1-2H3,(H2,12,13,14). The van der Waals surface area contributed by atoms with E-state index in [-0.39, 0.29) is 0 Å². The van der Waals surface area contributed by atoms with Crippen LogP contribution in [0.2, 0.25) is 0 Å². The zero-order valence-electron chi connectivity index (χ0n) is 9.75. The molecule has 0 aliphatic rings. The Balaban J connectivity index is 2.18. The number of furan rings is 1. The molecular formula is C11H14N4OS. The predicted octanol–water partition coefficient (Wildman–Crippen LogP) is 2.01. The Morgan fingerprint density at radius 2 is 2.29 bits per heavy atom. The van der Waals surface area contributed by atoms with Crippen LogP contribution in [-0.2, 0) is 6.54 Å². The first-order chi connectivity index (χ1) is 8.19. The molecule has 0 amide bonds. The van der Waals surface area contributed by atoms with Crippen LogP contribution in [0.1, 0.15) is 5.56 Å².